The molecule has 176 valence electrons. The molecule has 0 aliphatic carbocycles. The molecule has 5 rings (SSSR count). The standard InChI is InChI=1S/C24H23FN4O4S/c1-15-22(24-29-28-23(33-24)19-4-2-3-5-20(19)25)27-21(14-26-15)16-6-8-17(9-7-16)34(30,31)18-10-12-32-13-11-18/h2-9,14,18,30-31H,10-13H2,1H3. The number of ether oxygens (including phenoxy) is 1. The Morgan fingerprint density at radius 1 is 0.971 bits per heavy atom. The summed E-state index contributed by atoms with van der Waals surface area (Å²) in [5.41, 5.74) is 2.48. The van der Waals surface area contributed by atoms with E-state index < -0.39 is 16.4 Å². The van der Waals surface area contributed by atoms with Crippen LogP contribution in [0.5, 0.6) is 0 Å². The quantitative estimate of drug-likeness (QED) is 0.378. The Labute approximate surface area is 197 Å². The Morgan fingerprint density at radius 3 is 2.41 bits per heavy atom. The molecule has 2 aromatic heterocycles. The number of hydrogen-bond donors (Lipinski definition) is 2. The molecule has 0 amide bonds. The van der Waals surface area contributed by atoms with Crippen LogP contribution in [0.25, 0.3) is 34.3 Å². The average Bonchev–Trinajstić information content (AvgIpc) is 3.35. The lowest BCUT2D eigenvalue weighted by Crippen LogP contribution is -2.26. The van der Waals surface area contributed by atoms with Crippen LogP contribution in [-0.4, -0.2) is 47.7 Å². The van der Waals surface area contributed by atoms with Crippen LogP contribution in [0.2, 0.25) is 0 Å². The van der Waals surface area contributed by atoms with Crippen molar-refractivity contribution in [2.75, 3.05) is 13.2 Å². The van der Waals surface area contributed by atoms with E-state index in [0.29, 0.717) is 48.0 Å². The third-order valence-corrected chi connectivity index (χ3v) is 8.18. The Hall–Kier alpha value is -3.18. The third-order valence-electron chi connectivity index (χ3n) is 5.82. The molecule has 1 aliphatic heterocycles. The number of nitrogens with zero attached hydrogens (tertiary/aromatic N) is 4. The van der Waals surface area contributed by atoms with Gasteiger partial charge in [0.05, 0.1) is 33.3 Å². The molecular weight excluding hydrogens is 459 g/mol. The van der Waals surface area contributed by atoms with Crippen LogP contribution in [0.15, 0.2) is 64.0 Å². The van der Waals surface area contributed by atoms with E-state index in [-0.39, 0.29) is 22.6 Å². The second-order valence-electron chi connectivity index (χ2n) is 8.01. The summed E-state index contributed by atoms with van der Waals surface area (Å²) in [5, 5.41) is 7.79. The first-order chi connectivity index (χ1) is 16.4. The van der Waals surface area contributed by atoms with Crippen LogP contribution in [0.3, 0.4) is 0 Å². The van der Waals surface area contributed by atoms with Gasteiger partial charge in [0.15, 0.2) is 0 Å². The Balaban J connectivity index is 1.43. The van der Waals surface area contributed by atoms with Crippen LogP contribution >= 0.6 is 10.6 Å². The summed E-state index contributed by atoms with van der Waals surface area (Å²) >= 11 is 0. The molecule has 1 aliphatic rings. The SMILES string of the molecule is Cc1ncc(-c2ccc(S(O)(O)C3CCOCC3)cc2)nc1-c1nnc(-c2ccccc2F)o1. The van der Waals surface area contributed by atoms with E-state index in [9.17, 15) is 13.5 Å². The predicted octanol–water partition coefficient (Wildman–Crippen LogP) is 5.60. The molecule has 3 heterocycles. The van der Waals surface area contributed by atoms with Crippen LogP contribution in [0, 0.1) is 12.7 Å². The molecule has 10 heteroatoms. The summed E-state index contributed by atoms with van der Waals surface area (Å²) in [7, 11) is -2.93. The van der Waals surface area contributed by atoms with Crippen molar-refractivity contribution in [1.82, 2.24) is 20.2 Å². The van der Waals surface area contributed by atoms with Gasteiger partial charge in [-0.15, -0.1) is 10.2 Å². The van der Waals surface area contributed by atoms with Crippen molar-refractivity contribution in [3.63, 3.8) is 0 Å². The predicted molar refractivity (Wildman–Crippen MR) is 126 cm³/mol. The topological polar surface area (TPSA) is 114 Å². The summed E-state index contributed by atoms with van der Waals surface area (Å²) in [5.74, 6) is -0.265. The summed E-state index contributed by atoms with van der Waals surface area (Å²) in [6.45, 7) is 2.84. The Kier molecular flexibility index (Phi) is 6.13. The zero-order valence-corrected chi connectivity index (χ0v) is 19.2. The van der Waals surface area contributed by atoms with Crippen molar-refractivity contribution in [2.45, 2.75) is 29.9 Å². The maximum Gasteiger partial charge on any atom is 0.268 e. The monoisotopic (exact) mass is 482 g/mol. The maximum absolute atomic E-state index is 14.1. The van der Waals surface area contributed by atoms with Crippen molar-refractivity contribution < 1.29 is 22.6 Å². The van der Waals surface area contributed by atoms with Gasteiger partial charge >= 0.3 is 0 Å². The summed E-state index contributed by atoms with van der Waals surface area (Å²) in [4.78, 5) is 9.54. The van der Waals surface area contributed by atoms with Gasteiger partial charge < -0.3 is 9.15 Å². The molecule has 0 spiro atoms. The highest BCUT2D eigenvalue weighted by molar-refractivity contribution is 8.24. The van der Waals surface area contributed by atoms with E-state index in [1.807, 2.05) is 0 Å². The van der Waals surface area contributed by atoms with Crippen molar-refractivity contribution in [2.24, 2.45) is 0 Å². The first kappa shape index (κ1) is 22.6. The molecule has 0 bridgehead atoms. The lowest BCUT2D eigenvalue weighted by atomic mass is 10.1. The molecule has 0 atom stereocenters. The molecule has 1 saturated heterocycles. The average molecular weight is 483 g/mol. The summed E-state index contributed by atoms with van der Waals surface area (Å²) in [6, 6.07) is 13.2. The highest BCUT2D eigenvalue weighted by Gasteiger charge is 2.29. The lowest BCUT2D eigenvalue weighted by molar-refractivity contribution is 0.0966. The van der Waals surface area contributed by atoms with Gasteiger partial charge in [-0.25, -0.2) is 9.37 Å². The van der Waals surface area contributed by atoms with Crippen molar-refractivity contribution in [3.05, 3.63) is 66.2 Å². The largest absolute Gasteiger partial charge is 0.414 e. The van der Waals surface area contributed by atoms with Gasteiger partial charge in [-0.1, -0.05) is 24.3 Å². The van der Waals surface area contributed by atoms with Crippen molar-refractivity contribution in [1.29, 1.82) is 0 Å². The van der Waals surface area contributed by atoms with Gasteiger partial charge in [-0.05, 0) is 44.0 Å². The van der Waals surface area contributed by atoms with Gasteiger partial charge in [0, 0.05) is 18.8 Å². The smallest absolute Gasteiger partial charge is 0.268 e. The molecule has 0 saturated carbocycles. The normalized spacial score (nSPS) is 15.4. The fraction of sp³-hybridized carbons (Fsp3) is 0.250. The van der Waals surface area contributed by atoms with Gasteiger partial charge in [0.1, 0.15) is 11.5 Å². The van der Waals surface area contributed by atoms with Crippen LogP contribution in [0.1, 0.15) is 18.5 Å². The second-order valence-corrected chi connectivity index (χ2v) is 10.3. The first-order valence-corrected chi connectivity index (χ1v) is 12.4. The minimum atomic E-state index is -2.93. The second kappa shape index (κ2) is 9.22. The van der Waals surface area contributed by atoms with Crippen LogP contribution in [-0.2, 0) is 4.74 Å². The van der Waals surface area contributed by atoms with Crippen LogP contribution < -0.4 is 0 Å². The van der Waals surface area contributed by atoms with E-state index in [0.717, 1.165) is 5.56 Å². The highest BCUT2D eigenvalue weighted by atomic mass is 32.3. The Bertz CT molecular complexity index is 1310. The summed E-state index contributed by atoms with van der Waals surface area (Å²) < 4.78 is 46.8. The molecular formula is C24H23FN4O4S. The number of halogens is 1. The first-order valence-electron chi connectivity index (χ1n) is 10.8. The van der Waals surface area contributed by atoms with Gasteiger partial charge in [0.25, 0.3) is 11.8 Å². The van der Waals surface area contributed by atoms with Crippen molar-refractivity contribution in [3.8, 4) is 34.3 Å². The fourth-order valence-corrected chi connectivity index (χ4v) is 5.65. The van der Waals surface area contributed by atoms with Gasteiger partial charge in [0.2, 0.25) is 0 Å². The van der Waals surface area contributed by atoms with Gasteiger partial charge in [-0.2, -0.15) is 10.6 Å². The molecule has 34 heavy (non-hydrogen) atoms. The van der Waals surface area contributed by atoms with E-state index in [4.69, 9.17) is 9.15 Å². The van der Waals surface area contributed by atoms with E-state index >= 15 is 0 Å². The molecule has 4 aromatic rings. The zero-order chi connectivity index (χ0) is 23.7. The van der Waals surface area contributed by atoms with E-state index in [1.54, 1.807) is 55.6 Å². The van der Waals surface area contributed by atoms with Crippen molar-refractivity contribution >= 4 is 10.6 Å². The lowest BCUT2D eigenvalue weighted by Gasteiger charge is -2.42. The third kappa shape index (κ3) is 4.32. The molecule has 0 radical (unpaired) electrons. The fourth-order valence-electron chi connectivity index (χ4n) is 3.88. The number of benzene rings is 2. The Morgan fingerprint density at radius 2 is 1.68 bits per heavy atom. The number of hydrogen-bond acceptors (Lipinski definition) is 8. The minimum Gasteiger partial charge on any atom is -0.414 e. The molecule has 8 nitrogen and oxygen atoms in total. The molecule has 2 aromatic carbocycles. The number of rotatable bonds is 5. The van der Waals surface area contributed by atoms with Crippen LogP contribution in [0.4, 0.5) is 4.39 Å². The van der Waals surface area contributed by atoms with E-state index in [1.165, 1.54) is 6.07 Å². The van der Waals surface area contributed by atoms with E-state index in [2.05, 4.69) is 20.2 Å². The zero-order valence-electron chi connectivity index (χ0n) is 18.4. The molecule has 1 fully saturated rings. The molecule has 0 unspecified atom stereocenters. The maximum atomic E-state index is 14.1. The van der Waals surface area contributed by atoms with Gasteiger partial charge in [-0.3, -0.25) is 14.1 Å². The minimum absolute atomic E-state index is 0.0578. The number of aryl methyl sites for hydroxylation is 1. The number of aromatic nitrogens is 4. The molecule has 2 N–H and O–H groups in total. The summed E-state index contributed by atoms with van der Waals surface area (Å²) in [6.07, 6.45) is 2.87. The highest BCUT2D eigenvalue weighted by Crippen LogP contribution is 2.55.